The number of non-ortho nitro benzene ring substituents is 1. The molecule has 24 heavy (non-hydrogen) atoms. The fraction of sp³-hybridized carbons (Fsp3) is 0. The van der Waals surface area contributed by atoms with Crippen molar-refractivity contribution >= 4 is 43.4 Å². The number of fused-ring (bicyclic) bond motifs is 4. The van der Waals surface area contributed by atoms with Gasteiger partial charge in [0.05, 0.1) is 27.3 Å². The number of halogens is 1. The Morgan fingerprint density at radius 3 is 2.46 bits per heavy atom. The molecule has 0 amide bonds. The third-order valence-corrected chi connectivity index (χ3v) is 5.05. The summed E-state index contributed by atoms with van der Waals surface area (Å²) in [5.74, 6) is 0. The Hall–Kier alpha value is -2.86. The number of benzene rings is 3. The summed E-state index contributed by atoms with van der Waals surface area (Å²) in [6, 6.07) is 14.7. The van der Waals surface area contributed by atoms with Gasteiger partial charge >= 0.3 is 0 Å². The van der Waals surface area contributed by atoms with Crippen molar-refractivity contribution in [1.29, 1.82) is 0 Å². The number of hydrogen-bond donors (Lipinski definition) is 0. The molecule has 5 rings (SSSR count). The lowest BCUT2D eigenvalue weighted by atomic mass is 10.0. The first-order valence-corrected chi connectivity index (χ1v) is 8.11. The molecule has 1 aliphatic rings. The van der Waals surface area contributed by atoms with E-state index in [1.54, 1.807) is 6.07 Å². The van der Waals surface area contributed by atoms with Crippen LogP contribution in [0.1, 0.15) is 0 Å². The molecule has 1 aliphatic carbocycles. The fourth-order valence-electron chi connectivity index (χ4n) is 3.30. The van der Waals surface area contributed by atoms with Crippen LogP contribution < -0.4 is 0 Å². The molecule has 0 N–H and O–H groups in total. The highest BCUT2D eigenvalue weighted by molar-refractivity contribution is 9.10. The summed E-state index contributed by atoms with van der Waals surface area (Å²) in [6.07, 6.45) is 0. The van der Waals surface area contributed by atoms with Crippen LogP contribution in [0.4, 0.5) is 5.69 Å². The highest BCUT2D eigenvalue weighted by atomic mass is 79.9. The van der Waals surface area contributed by atoms with Crippen molar-refractivity contribution in [3.63, 3.8) is 0 Å². The smallest absolute Gasteiger partial charge is 0.258 e. The lowest BCUT2D eigenvalue weighted by Gasteiger charge is -2.03. The Bertz CT molecular complexity index is 1200. The summed E-state index contributed by atoms with van der Waals surface area (Å²) in [5.41, 5.74) is 4.88. The van der Waals surface area contributed by atoms with Gasteiger partial charge in [-0.15, -0.1) is 0 Å². The molecule has 0 atom stereocenters. The predicted octanol–water partition coefficient (Wildman–Crippen LogP) is 5.10. The van der Waals surface area contributed by atoms with Crippen LogP contribution in [-0.4, -0.2) is 14.9 Å². The van der Waals surface area contributed by atoms with Crippen LogP contribution in [0.3, 0.4) is 0 Å². The molecule has 3 aromatic carbocycles. The van der Waals surface area contributed by atoms with E-state index in [0.717, 1.165) is 37.8 Å². The molecule has 0 unspecified atom stereocenters. The second-order valence-corrected chi connectivity index (χ2v) is 6.53. The van der Waals surface area contributed by atoms with Crippen molar-refractivity contribution < 1.29 is 4.92 Å². The van der Waals surface area contributed by atoms with Crippen LogP contribution >= 0.6 is 15.9 Å². The summed E-state index contributed by atoms with van der Waals surface area (Å²) in [6.45, 7) is 0. The second-order valence-electron chi connectivity index (χ2n) is 5.67. The highest BCUT2D eigenvalue weighted by Crippen LogP contribution is 2.47. The maximum absolute atomic E-state index is 11.0. The van der Waals surface area contributed by atoms with Crippen molar-refractivity contribution in [1.82, 2.24) is 9.97 Å². The van der Waals surface area contributed by atoms with Gasteiger partial charge in [-0.1, -0.05) is 40.2 Å². The lowest BCUT2D eigenvalue weighted by molar-refractivity contribution is -0.384. The van der Waals surface area contributed by atoms with Crippen molar-refractivity contribution in [3.8, 4) is 22.5 Å². The lowest BCUT2D eigenvalue weighted by Crippen LogP contribution is -1.93. The minimum atomic E-state index is -0.416. The molecular weight excluding hydrogens is 370 g/mol. The summed E-state index contributed by atoms with van der Waals surface area (Å²) in [5, 5.41) is 13.2. The van der Waals surface area contributed by atoms with Gasteiger partial charge in [0.15, 0.2) is 0 Å². The zero-order chi connectivity index (χ0) is 16.4. The second kappa shape index (κ2) is 4.58. The van der Waals surface area contributed by atoms with E-state index in [4.69, 9.17) is 4.98 Å². The van der Waals surface area contributed by atoms with Crippen LogP contribution in [0.25, 0.3) is 44.3 Å². The Labute approximate surface area is 144 Å². The Morgan fingerprint density at radius 1 is 0.917 bits per heavy atom. The SMILES string of the molecule is O=[N+]([O-])c1ccc2nc3c(nc2c1)-c1ccc(Br)c2cccc-3c12. The van der Waals surface area contributed by atoms with Gasteiger partial charge in [-0.2, -0.15) is 0 Å². The van der Waals surface area contributed by atoms with Gasteiger partial charge in [0.25, 0.3) is 5.69 Å². The average Bonchev–Trinajstić information content (AvgIpc) is 2.90. The normalized spacial score (nSPS) is 11.9. The number of hydrogen-bond acceptors (Lipinski definition) is 4. The van der Waals surface area contributed by atoms with Crippen LogP contribution in [0.2, 0.25) is 0 Å². The van der Waals surface area contributed by atoms with Crippen LogP contribution in [0.5, 0.6) is 0 Å². The molecule has 4 aromatic rings. The standard InChI is InChI=1S/C18H8BrN3O2/c19-13-6-5-12-16-10(13)2-1-3-11(16)17-18(12)21-15-8-9(22(23)24)4-7-14(15)20-17/h1-8H. The third kappa shape index (κ3) is 1.68. The van der Waals surface area contributed by atoms with E-state index in [0.29, 0.717) is 11.0 Å². The molecular formula is C18H8BrN3O2. The number of nitro benzene ring substituents is 1. The summed E-state index contributed by atoms with van der Waals surface area (Å²) in [4.78, 5) is 20.0. The zero-order valence-electron chi connectivity index (χ0n) is 12.2. The summed E-state index contributed by atoms with van der Waals surface area (Å²) in [7, 11) is 0. The first-order chi connectivity index (χ1) is 11.6. The van der Waals surface area contributed by atoms with Crippen molar-refractivity contribution in [3.05, 3.63) is 63.1 Å². The maximum atomic E-state index is 11.0. The molecule has 1 aromatic heterocycles. The molecule has 0 aliphatic heterocycles. The largest absolute Gasteiger partial charge is 0.271 e. The molecule has 6 heteroatoms. The fourth-order valence-corrected chi connectivity index (χ4v) is 3.76. The molecule has 114 valence electrons. The highest BCUT2D eigenvalue weighted by Gasteiger charge is 2.25. The summed E-state index contributed by atoms with van der Waals surface area (Å²) >= 11 is 3.59. The van der Waals surface area contributed by atoms with Gasteiger partial charge in [-0.05, 0) is 17.5 Å². The number of aromatic nitrogens is 2. The maximum Gasteiger partial charge on any atom is 0.271 e. The molecule has 0 saturated heterocycles. The van der Waals surface area contributed by atoms with Gasteiger partial charge in [0, 0.05) is 33.1 Å². The predicted molar refractivity (Wildman–Crippen MR) is 95.8 cm³/mol. The van der Waals surface area contributed by atoms with Gasteiger partial charge < -0.3 is 0 Å². The minimum absolute atomic E-state index is 0.0215. The van der Waals surface area contributed by atoms with E-state index < -0.39 is 4.92 Å². The van der Waals surface area contributed by atoms with Crippen molar-refractivity contribution in [2.45, 2.75) is 0 Å². The molecule has 1 heterocycles. The van der Waals surface area contributed by atoms with Gasteiger partial charge in [0.2, 0.25) is 0 Å². The molecule has 5 nitrogen and oxygen atoms in total. The van der Waals surface area contributed by atoms with E-state index >= 15 is 0 Å². The number of nitrogens with zero attached hydrogens (tertiary/aromatic N) is 3. The van der Waals surface area contributed by atoms with E-state index in [-0.39, 0.29) is 5.69 Å². The monoisotopic (exact) mass is 377 g/mol. The first kappa shape index (κ1) is 13.6. The van der Waals surface area contributed by atoms with E-state index in [9.17, 15) is 10.1 Å². The molecule has 0 fully saturated rings. The summed E-state index contributed by atoms with van der Waals surface area (Å²) < 4.78 is 1.02. The average molecular weight is 378 g/mol. The number of nitro groups is 1. The zero-order valence-corrected chi connectivity index (χ0v) is 13.7. The molecule has 0 bridgehead atoms. The topological polar surface area (TPSA) is 68.9 Å². The third-order valence-electron chi connectivity index (χ3n) is 4.36. The Balaban J connectivity index is 1.90. The van der Waals surface area contributed by atoms with Gasteiger partial charge in [-0.25, -0.2) is 9.97 Å². The first-order valence-electron chi connectivity index (χ1n) is 7.31. The molecule has 0 saturated carbocycles. The molecule has 0 spiro atoms. The van der Waals surface area contributed by atoms with Crippen LogP contribution in [0.15, 0.2) is 53.0 Å². The van der Waals surface area contributed by atoms with Gasteiger partial charge in [0.1, 0.15) is 0 Å². The minimum Gasteiger partial charge on any atom is -0.258 e. The quantitative estimate of drug-likeness (QED) is 0.301. The molecule has 0 radical (unpaired) electrons. The Morgan fingerprint density at radius 2 is 1.67 bits per heavy atom. The van der Waals surface area contributed by atoms with E-state index in [2.05, 4.69) is 27.0 Å². The van der Waals surface area contributed by atoms with E-state index in [1.807, 2.05) is 24.3 Å². The van der Waals surface area contributed by atoms with Crippen molar-refractivity contribution in [2.24, 2.45) is 0 Å². The van der Waals surface area contributed by atoms with Gasteiger partial charge in [-0.3, -0.25) is 10.1 Å². The van der Waals surface area contributed by atoms with Crippen LogP contribution in [0, 0.1) is 10.1 Å². The number of rotatable bonds is 1. The van der Waals surface area contributed by atoms with Crippen LogP contribution in [-0.2, 0) is 0 Å². The van der Waals surface area contributed by atoms with Crippen molar-refractivity contribution in [2.75, 3.05) is 0 Å². The Kier molecular flexibility index (Phi) is 2.59. The van der Waals surface area contributed by atoms with E-state index in [1.165, 1.54) is 12.1 Å².